The van der Waals surface area contributed by atoms with Crippen LogP contribution in [0.15, 0.2) is 22.7 Å². The van der Waals surface area contributed by atoms with E-state index in [1.807, 2.05) is 18.2 Å². The predicted octanol–water partition coefficient (Wildman–Crippen LogP) is 3.83. The number of fused-ring (bicyclic) bond motifs is 1. The summed E-state index contributed by atoms with van der Waals surface area (Å²) in [6, 6.07) is 5.95. The minimum Gasteiger partial charge on any atom is -0.390 e. The first-order valence-electron chi connectivity index (χ1n) is 11.8. The van der Waals surface area contributed by atoms with E-state index in [0.717, 1.165) is 68.3 Å². The van der Waals surface area contributed by atoms with Crippen molar-refractivity contribution in [1.82, 2.24) is 15.4 Å². The number of aliphatic hydroxyl groups is 1. The van der Waals surface area contributed by atoms with Gasteiger partial charge in [-0.3, -0.25) is 9.69 Å². The molecule has 1 saturated carbocycles. The molecule has 8 heteroatoms. The molecule has 0 radical (unpaired) electrons. The lowest BCUT2D eigenvalue weighted by Crippen LogP contribution is -2.47. The van der Waals surface area contributed by atoms with Gasteiger partial charge in [0.25, 0.3) is 0 Å². The van der Waals surface area contributed by atoms with Crippen LogP contribution < -0.4 is 10.2 Å². The molecule has 2 fully saturated rings. The summed E-state index contributed by atoms with van der Waals surface area (Å²) < 4.78 is 5.46. The second-order valence-electron chi connectivity index (χ2n) is 10.0. The van der Waals surface area contributed by atoms with Crippen molar-refractivity contribution in [3.63, 3.8) is 0 Å². The number of anilines is 1. The van der Waals surface area contributed by atoms with Crippen LogP contribution in [0.25, 0.3) is 11.0 Å². The maximum Gasteiger partial charge on any atom is 0.223 e. The molecule has 0 atom stereocenters. The molecule has 0 spiro atoms. The van der Waals surface area contributed by atoms with Crippen molar-refractivity contribution < 1.29 is 14.4 Å². The minimum absolute atomic E-state index is 0.0400. The molecule has 1 amide bonds. The second kappa shape index (κ2) is 9.98. The monoisotopic (exact) mass is 462 g/mol. The van der Waals surface area contributed by atoms with Crippen LogP contribution >= 0.6 is 11.6 Å². The van der Waals surface area contributed by atoms with E-state index < -0.39 is 5.60 Å². The molecule has 176 valence electrons. The highest BCUT2D eigenvalue weighted by Crippen LogP contribution is 2.30. The van der Waals surface area contributed by atoms with E-state index in [1.54, 1.807) is 13.8 Å². The van der Waals surface area contributed by atoms with Crippen LogP contribution in [-0.4, -0.2) is 65.4 Å². The van der Waals surface area contributed by atoms with Crippen molar-refractivity contribution >= 4 is 34.3 Å². The Hall–Kier alpha value is -1.83. The van der Waals surface area contributed by atoms with Crippen molar-refractivity contribution in [1.29, 1.82) is 0 Å². The molecule has 2 aromatic rings. The zero-order valence-corrected chi connectivity index (χ0v) is 19.9. The number of piperazine rings is 1. The van der Waals surface area contributed by atoms with Gasteiger partial charge >= 0.3 is 0 Å². The molecule has 1 saturated heterocycles. The zero-order chi connectivity index (χ0) is 22.7. The highest BCUT2D eigenvalue weighted by molar-refractivity contribution is 6.31. The lowest BCUT2D eigenvalue weighted by molar-refractivity contribution is -0.125. The van der Waals surface area contributed by atoms with Gasteiger partial charge in [0.15, 0.2) is 11.4 Å². The molecular formula is C24H35ClN4O3. The van der Waals surface area contributed by atoms with Crippen LogP contribution in [-0.2, 0) is 4.79 Å². The zero-order valence-electron chi connectivity index (χ0n) is 19.1. The predicted molar refractivity (Wildman–Crippen MR) is 127 cm³/mol. The first-order chi connectivity index (χ1) is 15.3. The fourth-order valence-corrected chi connectivity index (χ4v) is 5.10. The Morgan fingerprint density at radius 3 is 2.62 bits per heavy atom. The summed E-state index contributed by atoms with van der Waals surface area (Å²) in [6.45, 7) is 8.44. The SMILES string of the molecule is CC(C)(O)CC(=O)NC1CCC(CCN2CCN(c3noc4cc(Cl)ccc34)CC2)CC1. The number of amides is 1. The van der Waals surface area contributed by atoms with E-state index in [1.165, 1.54) is 19.3 Å². The highest BCUT2D eigenvalue weighted by Gasteiger charge is 2.26. The highest BCUT2D eigenvalue weighted by atomic mass is 35.5. The summed E-state index contributed by atoms with van der Waals surface area (Å²) in [5, 5.41) is 18.9. The molecular weight excluding hydrogens is 428 g/mol. The Labute approximate surface area is 195 Å². The van der Waals surface area contributed by atoms with Crippen molar-refractivity contribution in [2.45, 2.75) is 64.0 Å². The summed E-state index contributed by atoms with van der Waals surface area (Å²) in [6.07, 6.45) is 5.80. The molecule has 0 unspecified atom stereocenters. The summed E-state index contributed by atoms with van der Waals surface area (Å²) in [5.74, 6) is 1.61. The van der Waals surface area contributed by atoms with Crippen molar-refractivity contribution in [2.75, 3.05) is 37.6 Å². The van der Waals surface area contributed by atoms with Gasteiger partial charge in [0.05, 0.1) is 17.4 Å². The maximum atomic E-state index is 12.0. The van der Waals surface area contributed by atoms with E-state index in [9.17, 15) is 9.90 Å². The largest absolute Gasteiger partial charge is 0.390 e. The number of hydrogen-bond acceptors (Lipinski definition) is 6. The molecule has 1 aromatic carbocycles. The third-order valence-electron chi connectivity index (χ3n) is 6.75. The van der Waals surface area contributed by atoms with Gasteiger partial charge in [-0.2, -0.15) is 0 Å². The second-order valence-corrected chi connectivity index (χ2v) is 10.5. The molecule has 1 aliphatic carbocycles. The number of carbonyl (C=O) groups is 1. The van der Waals surface area contributed by atoms with Gasteiger partial charge in [-0.15, -0.1) is 0 Å². The van der Waals surface area contributed by atoms with Crippen molar-refractivity contribution in [3.05, 3.63) is 23.2 Å². The summed E-state index contributed by atoms with van der Waals surface area (Å²) in [7, 11) is 0. The molecule has 0 bridgehead atoms. The molecule has 1 aromatic heterocycles. The molecule has 2 heterocycles. The Morgan fingerprint density at radius 1 is 1.22 bits per heavy atom. The Morgan fingerprint density at radius 2 is 1.94 bits per heavy atom. The number of benzene rings is 1. The summed E-state index contributed by atoms with van der Waals surface area (Å²) in [5.41, 5.74) is -0.207. The number of halogens is 1. The first-order valence-corrected chi connectivity index (χ1v) is 12.2. The number of aromatic nitrogens is 1. The van der Waals surface area contributed by atoms with E-state index in [-0.39, 0.29) is 18.4 Å². The van der Waals surface area contributed by atoms with Gasteiger partial charge in [-0.25, -0.2) is 0 Å². The molecule has 4 rings (SSSR count). The van der Waals surface area contributed by atoms with Crippen LogP contribution in [0, 0.1) is 5.92 Å². The van der Waals surface area contributed by atoms with E-state index in [2.05, 4.69) is 20.3 Å². The number of nitrogens with one attached hydrogen (secondary N) is 1. The lowest BCUT2D eigenvalue weighted by atomic mass is 9.84. The van der Waals surface area contributed by atoms with E-state index in [4.69, 9.17) is 16.1 Å². The van der Waals surface area contributed by atoms with Crippen LogP contribution in [0.5, 0.6) is 0 Å². The topological polar surface area (TPSA) is 81.8 Å². The lowest BCUT2D eigenvalue weighted by Gasteiger charge is -2.36. The van der Waals surface area contributed by atoms with Gasteiger partial charge in [0.1, 0.15) is 0 Å². The average Bonchev–Trinajstić information content (AvgIpc) is 3.15. The normalized spacial score (nSPS) is 22.9. The summed E-state index contributed by atoms with van der Waals surface area (Å²) >= 11 is 6.05. The smallest absolute Gasteiger partial charge is 0.223 e. The van der Waals surface area contributed by atoms with Crippen LogP contribution in [0.2, 0.25) is 5.02 Å². The molecule has 32 heavy (non-hydrogen) atoms. The fraction of sp³-hybridized carbons (Fsp3) is 0.667. The van der Waals surface area contributed by atoms with Gasteiger partial charge in [-0.1, -0.05) is 16.8 Å². The van der Waals surface area contributed by atoms with Crippen molar-refractivity contribution in [3.8, 4) is 0 Å². The minimum atomic E-state index is -0.945. The number of carbonyl (C=O) groups excluding carboxylic acids is 1. The molecule has 2 N–H and O–H groups in total. The Balaban J connectivity index is 1.16. The van der Waals surface area contributed by atoms with Gasteiger partial charge in [-0.05, 0) is 70.5 Å². The number of rotatable bonds is 7. The number of hydrogen-bond donors (Lipinski definition) is 2. The van der Waals surface area contributed by atoms with E-state index in [0.29, 0.717) is 5.02 Å². The van der Waals surface area contributed by atoms with Crippen LogP contribution in [0.1, 0.15) is 52.4 Å². The third kappa shape index (κ3) is 6.15. The van der Waals surface area contributed by atoms with Crippen LogP contribution in [0.3, 0.4) is 0 Å². The van der Waals surface area contributed by atoms with E-state index >= 15 is 0 Å². The van der Waals surface area contributed by atoms with Crippen molar-refractivity contribution in [2.24, 2.45) is 5.92 Å². The average molecular weight is 463 g/mol. The Kier molecular flexibility index (Phi) is 7.27. The standard InChI is InChI=1S/C24H35ClN4O3/c1-24(2,31)16-22(30)26-19-6-3-17(4-7-19)9-10-28-11-13-29(14-12-28)23-20-8-5-18(25)15-21(20)32-27-23/h5,8,15,17,19,31H,3-4,6-7,9-14,16H2,1-2H3,(H,26,30). The van der Waals surface area contributed by atoms with Gasteiger partial charge in [0, 0.05) is 43.3 Å². The third-order valence-corrected chi connectivity index (χ3v) is 6.98. The van der Waals surface area contributed by atoms with Crippen LogP contribution in [0.4, 0.5) is 5.82 Å². The fourth-order valence-electron chi connectivity index (χ4n) is 4.94. The van der Waals surface area contributed by atoms with Gasteiger partial charge in [0.2, 0.25) is 5.91 Å². The first kappa shape index (κ1) is 23.3. The molecule has 2 aliphatic rings. The Bertz CT molecular complexity index is 910. The quantitative estimate of drug-likeness (QED) is 0.650. The maximum absolute atomic E-state index is 12.0. The molecule has 7 nitrogen and oxygen atoms in total. The number of nitrogens with zero attached hydrogens (tertiary/aromatic N) is 3. The molecule has 1 aliphatic heterocycles. The summed E-state index contributed by atoms with van der Waals surface area (Å²) in [4.78, 5) is 16.9. The van der Waals surface area contributed by atoms with Gasteiger partial charge < -0.3 is 19.8 Å².